The minimum Gasteiger partial charge on any atom is -0.311 e. The third-order valence-corrected chi connectivity index (χ3v) is 14.9. The van der Waals surface area contributed by atoms with Crippen LogP contribution >= 0.6 is 11.3 Å². The highest BCUT2D eigenvalue weighted by Gasteiger charge is 2.54. The number of benzene rings is 10. The monoisotopic (exact) mass is 858 g/mol. The van der Waals surface area contributed by atoms with E-state index in [1.54, 1.807) is 0 Å². The molecule has 11 aromatic rings. The van der Waals surface area contributed by atoms with Gasteiger partial charge in [0.05, 0.1) is 11.1 Å². The fraction of sp³-hybridized carbons (Fsp3) is 0.0159. The lowest BCUT2D eigenvalue weighted by atomic mass is 9.73. The summed E-state index contributed by atoms with van der Waals surface area (Å²) in [6.07, 6.45) is 0. The van der Waals surface area contributed by atoms with Gasteiger partial charge in [0, 0.05) is 54.5 Å². The number of fused-ring (bicyclic) bond motifs is 12. The van der Waals surface area contributed by atoms with Gasteiger partial charge in [-0.1, -0.05) is 176 Å². The molecular formula is C63H42N2S. The molecule has 0 radical (unpaired) electrons. The highest BCUT2D eigenvalue weighted by Crippen LogP contribution is 2.68. The highest BCUT2D eigenvalue weighted by atomic mass is 32.1. The Morgan fingerprint density at radius 1 is 0.303 bits per heavy atom. The van der Waals surface area contributed by atoms with Crippen molar-refractivity contribution in [2.75, 3.05) is 9.80 Å². The third-order valence-electron chi connectivity index (χ3n) is 13.7. The Bertz CT molecular complexity index is 3520. The maximum absolute atomic E-state index is 2.50. The molecule has 1 spiro atoms. The zero-order valence-electron chi connectivity index (χ0n) is 36.1. The van der Waals surface area contributed by atoms with Gasteiger partial charge in [0.2, 0.25) is 0 Å². The largest absolute Gasteiger partial charge is 0.311 e. The summed E-state index contributed by atoms with van der Waals surface area (Å²) < 4.78 is 1.31. The lowest BCUT2D eigenvalue weighted by Gasteiger charge is -2.31. The maximum Gasteiger partial charge on any atom is 0.0820 e. The molecular weight excluding hydrogens is 817 g/mol. The first-order chi connectivity index (χ1) is 32.8. The van der Waals surface area contributed by atoms with Gasteiger partial charge in [0.25, 0.3) is 0 Å². The van der Waals surface area contributed by atoms with E-state index >= 15 is 0 Å². The van der Waals surface area contributed by atoms with Gasteiger partial charge in [-0.25, -0.2) is 0 Å². The molecule has 0 N–H and O–H groups in total. The first kappa shape index (κ1) is 38.2. The first-order valence-corrected chi connectivity index (χ1v) is 23.5. The number of anilines is 6. The quantitative estimate of drug-likeness (QED) is 0.150. The summed E-state index contributed by atoms with van der Waals surface area (Å²) in [4.78, 5) is 6.18. The minimum atomic E-state index is -0.513. The summed E-state index contributed by atoms with van der Waals surface area (Å²) in [5.74, 6) is 0. The zero-order valence-corrected chi connectivity index (χ0v) is 36.9. The van der Waals surface area contributed by atoms with Crippen LogP contribution < -0.4 is 9.80 Å². The van der Waals surface area contributed by atoms with E-state index < -0.39 is 5.41 Å². The Balaban J connectivity index is 0.983. The maximum atomic E-state index is 2.50. The highest BCUT2D eigenvalue weighted by molar-refractivity contribution is 7.20. The van der Waals surface area contributed by atoms with E-state index in [1.807, 2.05) is 11.3 Å². The van der Waals surface area contributed by atoms with Crippen LogP contribution in [-0.2, 0) is 5.41 Å². The van der Waals surface area contributed by atoms with E-state index in [0.29, 0.717) is 0 Å². The van der Waals surface area contributed by atoms with Crippen LogP contribution in [0.2, 0.25) is 0 Å². The molecule has 310 valence electrons. The standard InChI is InChI=1S/C63H42N2S/c1-5-18-43(19-6-1)44-32-37-50(38-33-44)64(47-20-7-2-8-21-47)51-39-34-45(35-40-51)46-36-41-53-52-26-13-15-28-55(52)63(57(53)42-46)56-29-17-30-58(61(56)60-54-27-14-16-31-59(54)66-62(60)63)65(48-22-9-3-10-23-48)49-24-11-4-12-25-49/h1-42H. The fourth-order valence-corrected chi connectivity index (χ4v) is 12.3. The minimum absolute atomic E-state index is 0.513. The van der Waals surface area contributed by atoms with Crippen LogP contribution in [0.15, 0.2) is 255 Å². The Hall–Kier alpha value is -8.24. The summed E-state index contributed by atoms with van der Waals surface area (Å²) in [5, 5.41) is 1.31. The van der Waals surface area contributed by atoms with Gasteiger partial charge in [-0.2, -0.15) is 0 Å². The van der Waals surface area contributed by atoms with E-state index in [9.17, 15) is 0 Å². The van der Waals surface area contributed by atoms with Crippen LogP contribution in [0.1, 0.15) is 21.6 Å². The van der Waals surface area contributed by atoms with E-state index in [1.165, 1.54) is 81.8 Å². The lowest BCUT2D eigenvalue weighted by Crippen LogP contribution is -2.25. The van der Waals surface area contributed by atoms with Crippen molar-refractivity contribution in [1.82, 2.24) is 0 Å². The second kappa shape index (κ2) is 15.5. The number of thiophene rings is 1. The number of hydrogen-bond acceptors (Lipinski definition) is 3. The number of rotatable bonds is 8. The molecule has 1 unspecified atom stereocenters. The van der Waals surface area contributed by atoms with E-state index in [2.05, 4.69) is 265 Å². The van der Waals surface area contributed by atoms with Gasteiger partial charge < -0.3 is 9.80 Å². The van der Waals surface area contributed by atoms with Crippen LogP contribution in [0.4, 0.5) is 34.1 Å². The summed E-state index contributed by atoms with van der Waals surface area (Å²) in [6, 6.07) is 93.3. The van der Waals surface area contributed by atoms with Crippen molar-refractivity contribution in [2.45, 2.75) is 5.41 Å². The third kappa shape index (κ3) is 5.87. The van der Waals surface area contributed by atoms with Gasteiger partial charge in [0.15, 0.2) is 0 Å². The van der Waals surface area contributed by atoms with Gasteiger partial charge in [-0.3, -0.25) is 0 Å². The number of para-hydroxylation sites is 3. The molecule has 0 aliphatic heterocycles. The zero-order chi connectivity index (χ0) is 43.6. The van der Waals surface area contributed by atoms with Gasteiger partial charge >= 0.3 is 0 Å². The average molecular weight is 859 g/mol. The molecule has 2 nitrogen and oxygen atoms in total. The summed E-state index contributed by atoms with van der Waals surface area (Å²) in [5.41, 5.74) is 20.3. The Kier molecular flexibility index (Phi) is 8.97. The van der Waals surface area contributed by atoms with Crippen LogP contribution in [0, 0.1) is 0 Å². The van der Waals surface area contributed by atoms with Gasteiger partial charge in [-0.05, 0) is 129 Å². The number of nitrogens with zero attached hydrogens (tertiary/aromatic N) is 2. The summed E-state index contributed by atoms with van der Waals surface area (Å²) in [7, 11) is 0. The van der Waals surface area contributed by atoms with Gasteiger partial charge in [-0.15, -0.1) is 11.3 Å². The molecule has 0 bridgehead atoms. The molecule has 1 aromatic heterocycles. The predicted octanol–water partition coefficient (Wildman–Crippen LogP) is 17.5. The average Bonchev–Trinajstić information content (AvgIpc) is 4.02. The molecule has 2 aliphatic rings. The van der Waals surface area contributed by atoms with E-state index in [0.717, 1.165) is 28.4 Å². The van der Waals surface area contributed by atoms with Crippen molar-refractivity contribution < 1.29 is 0 Å². The van der Waals surface area contributed by atoms with Crippen LogP contribution in [0.5, 0.6) is 0 Å². The SMILES string of the molecule is c1ccc(-c2ccc(N(c3ccccc3)c3ccc(-c4ccc5c(c4)C4(c6ccccc6-5)c5cccc(N(c6ccccc6)c6ccccc6)c5-c5c4sc4ccccc54)cc3)cc2)cc1. The van der Waals surface area contributed by atoms with Crippen molar-refractivity contribution in [2.24, 2.45) is 0 Å². The first-order valence-electron chi connectivity index (χ1n) is 22.7. The van der Waals surface area contributed by atoms with Crippen molar-refractivity contribution in [3.05, 3.63) is 276 Å². The van der Waals surface area contributed by atoms with Crippen molar-refractivity contribution in [1.29, 1.82) is 0 Å². The smallest absolute Gasteiger partial charge is 0.0820 e. The van der Waals surface area contributed by atoms with Crippen LogP contribution in [0.3, 0.4) is 0 Å². The number of hydrogen-bond donors (Lipinski definition) is 0. The molecule has 1 heterocycles. The lowest BCUT2D eigenvalue weighted by molar-refractivity contribution is 0.812. The molecule has 0 amide bonds. The van der Waals surface area contributed by atoms with Crippen molar-refractivity contribution >= 4 is 55.5 Å². The molecule has 0 saturated heterocycles. The topological polar surface area (TPSA) is 6.48 Å². The normalized spacial score (nSPS) is 14.1. The molecule has 2 aliphatic carbocycles. The molecule has 1 atom stereocenters. The van der Waals surface area contributed by atoms with Gasteiger partial charge in [0.1, 0.15) is 0 Å². The Morgan fingerprint density at radius 2 is 0.773 bits per heavy atom. The van der Waals surface area contributed by atoms with Crippen LogP contribution in [-0.4, -0.2) is 0 Å². The molecule has 13 rings (SSSR count). The van der Waals surface area contributed by atoms with E-state index in [4.69, 9.17) is 0 Å². The van der Waals surface area contributed by atoms with Crippen LogP contribution in [0.25, 0.3) is 54.6 Å². The second-order valence-electron chi connectivity index (χ2n) is 17.2. The van der Waals surface area contributed by atoms with Crippen molar-refractivity contribution in [3.63, 3.8) is 0 Å². The summed E-state index contributed by atoms with van der Waals surface area (Å²) >= 11 is 1.96. The molecule has 3 heteroatoms. The Morgan fingerprint density at radius 3 is 1.42 bits per heavy atom. The van der Waals surface area contributed by atoms with Crippen molar-refractivity contribution in [3.8, 4) is 44.5 Å². The Labute approximate surface area is 389 Å². The van der Waals surface area contributed by atoms with E-state index in [-0.39, 0.29) is 0 Å². The molecule has 0 fully saturated rings. The molecule has 0 saturated carbocycles. The predicted molar refractivity (Wildman–Crippen MR) is 278 cm³/mol. The summed E-state index contributed by atoms with van der Waals surface area (Å²) in [6.45, 7) is 0. The second-order valence-corrected chi connectivity index (χ2v) is 18.2. The fourth-order valence-electron chi connectivity index (χ4n) is 10.8. The molecule has 66 heavy (non-hydrogen) atoms. The molecule has 10 aromatic carbocycles.